The lowest BCUT2D eigenvalue weighted by atomic mass is 10.1. The van der Waals surface area contributed by atoms with Crippen LogP contribution >= 0.6 is 0 Å². The third kappa shape index (κ3) is 2.34. The highest BCUT2D eigenvalue weighted by Gasteiger charge is 2.16. The van der Waals surface area contributed by atoms with Gasteiger partial charge in [-0.1, -0.05) is 0 Å². The molecule has 0 radical (unpaired) electrons. The molecule has 1 aromatic carbocycles. The summed E-state index contributed by atoms with van der Waals surface area (Å²) in [4.78, 5) is 0. The molecule has 0 aliphatic carbocycles. The van der Waals surface area contributed by atoms with Crippen molar-refractivity contribution in [1.29, 1.82) is 0 Å². The molecule has 2 aromatic rings. The third-order valence-electron chi connectivity index (χ3n) is 3.14. The van der Waals surface area contributed by atoms with Gasteiger partial charge in [-0.15, -0.1) is 0 Å². The Balaban J connectivity index is 1.66. The van der Waals surface area contributed by atoms with Gasteiger partial charge in [0, 0.05) is 36.0 Å². The van der Waals surface area contributed by atoms with Gasteiger partial charge in [0.1, 0.15) is 5.75 Å². The number of phenols is 1. The summed E-state index contributed by atoms with van der Waals surface area (Å²) in [5, 5.41) is 20.0. The summed E-state index contributed by atoms with van der Waals surface area (Å²) in [7, 11) is 0. The molecule has 1 aliphatic heterocycles. The second-order valence-electron chi connectivity index (χ2n) is 4.46. The van der Waals surface area contributed by atoms with Crippen molar-refractivity contribution < 1.29 is 14.6 Å². The quantitative estimate of drug-likeness (QED) is 0.776. The molecule has 1 aromatic heterocycles. The standard InChI is InChI=1S/C13H15N3O3/c1-8-10(6-15-16-8)5-14-4-9-2-12-13(3-11(9)17)19-7-18-12/h2-3,6,14,17H,4-5,7H2,1H3,(H,15,16). The first-order valence-electron chi connectivity index (χ1n) is 6.05. The fourth-order valence-electron chi connectivity index (χ4n) is 2.00. The topological polar surface area (TPSA) is 79.4 Å². The van der Waals surface area contributed by atoms with Crippen LogP contribution in [0.1, 0.15) is 16.8 Å². The van der Waals surface area contributed by atoms with Crippen molar-refractivity contribution in [3.8, 4) is 17.2 Å². The van der Waals surface area contributed by atoms with Crippen LogP contribution in [0.4, 0.5) is 0 Å². The number of nitrogens with one attached hydrogen (secondary N) is 2. The molecule has 3 rings (SSSR count). The average molecular weight is 261 g/mol. The molecule has 0 bridgehead atoms. The second-order valence-corrected chi connectivity index (χ2v) is 4.46. The molecule has 100 valence electrons. The van der Waals surface area contributed by atoms with E-state index < -0.39 is 0 Å². The minimum Gasteiger partial charge on any atom is -0.507 e. The molecule has 1 aliphatic rings. The summed E-state index contributed by atoms with van der Waals surface area (Å²) in [6.45, 7) is 3.42. The number of nitrogens with zero attached hydrogens (tertiary/aromatic N) is 1. The van der Waals surface area contributed by atoms with E-state index in [2.05, 4.69) is 15.5 Å². The van der Waals surface area contributed by atoms with Gasteiger partial charge >= 0.3 is 0 Å². The summed E-state index contributed by atoms with van der Waals surface area (Å²) >= 11 is 0. The van der Waals surface area contributed by atoms with Crippen molar-refractivity contribution >= 4 is 0 Å². The van der Waals surface area contributed by atoms with Gasteiger partial charge in [0.2, 0.25) is 6.79 Å². The first kappa shape index (κ1) is 11.9. The number of benzene rings is 1. The van der Waals surface area contributed by atoms with Crippen LogP contribution in [0.3, 0.4) is 0 Å². The van der Waals surface area contributed by atoms with Crippen LogP contribution in [-0.4, -0.2) is 22.1 Å². The number of rotatable bonds is 4. The van der Waals surface area contributed by atoms with E-state index in [4.69, 9.17) is 9.47 Å². The Morgan fingerprint density at radius 1 is 1.26 bits per heavy atom. The summed E-state index contributed by atoms with van der Waals surface area (Å²) in [6, 6.07) is 3.38. The van der Waals surface area contributed by atoms with Gasteiger partial charge in [-0.3, -0.25) is 5.10 Å². The summed E-state index contributed by atoms with van der Waals surface area (Å²) in [5.74, 6) is 1.47. The molecule has 0 spiro atoms. The Kier molecular flexibility index (Phi) is 3.00. The number of phenolic OH excluding ortho intramolecular Hbond substituents is 1. The molecule has 0 saturated heterocycles. The van der Waals surface area contributed by atoms with E-state index in [-0.39, 0.29) is 12.5 Å². The molecule has 0 saturated carbocycles. The van der Waals surface area contributed by atoms with E-state index in [0.29, 0.717) is 24.6 Å². The lowest BCUT2D eigenvalue weighted by Gasteiger charge is -2.07. The molecule has 19 heavy (non-hydrogen) atoms. The maximum atomic E-state index is 9.89. The summed E-state index contributed by atoms with van der Waals surface area (Å²) < 4.78 is 10.5. The van der Waals surface area contributed by atoms with Gasteiger partial charge in [-0.25, -0.2) is 0 Å². The number of H-pyrrole nitrogens is 1. The number of aromatic nitrogens is 2. The van der Waals surface area contributed by atoms with Crippen LogP contribution in [0.25, 0.3) is 0 Å². The summed E-state index contributed by atoms with van der Waals surface area (Å²) in [5.41, 5.74) is 2.94. The van der Waals surface area contributed by atoms with E-state index in [1.54, 1.807) is 18.3 Å². The lowest BCUT2D eigenvalue weighted by molar-refractivity contribution is 0.174. The van der Waals surface area contributed by atoms with Crippen molar-refractivity contribution in [3.05, 3.63) is 35.2 Å². The highest BCUT2D eigenvalue weighted by molar-refractivity contribution is 5.51. The van der Waals surface area contributed by atoms with E-state index in [9.17, 15) is 5.11 Å². The fourth-order valence-corrected chi connectivity index (χ4v) is 2.00. The first-order valence-corrected chi connectivity index (χ1v) is 6.05. The van der Waals surface area contributed by atoms with Crippen molar-refractivity contribution in [2.75, 3.05) is 6.79 Å². The Bertz CT molecular complexity index is 595. The van der Waals surface area contributed by atoms with Crippen molar-refractivity contribution in [2.45, 2.75) is 20.0 Å². The molecule has 3 N–H and O–H groups in total. The number of aromatic hydroxyl groups is 1. The molecular weight excluding hydrogens is 246 g/mol. The number of ether oxygens (including phenoxy) is 2. The van der Waals surface area contributed by atoms with Gasteiger partial charge in [-0.2, -0.15) is 5.10 Å². The Hall–Kier alpha value is -2.21. The Morgan fingerprint density at radius 2 is 2.00 bits per heavy atom. The second kappa shape index (κ2) is 4.81. The van der Waals surface area contributed by atoms with Gasteiger partial charge in [0.15, 0.2) is 11.5 Å². The van der Waals surface area contributed by atoms with Crippen molar-refractivity contribution in [1.82, 2.24) is 15.5 Å². The van der Waals surface area contributed by atoms with Crippen LogP contribution in [0, 0.1) is 6.92 Å². The van der Waals surface area contributed by atoms with Crippen LogP contribution in [0.5, 0.6) is 17.2 Å². The van der Waals surface area contributed by atoms with Crippen molar-refractivity contribution in [3.63, 3.8) is 0 Å². The number of hydrogen-bond acceptors (Lipinski definition) is 5. The first-order chi connectivity index (χ1) is 9.24. The lowest BCUT2D eigenvalue weighted by Crippen LogP contribution is -2.13. The molecule has 0 fully saturated rings. The van der Waals surface area contributed by atoms with Crippen LogP contribution < -0.4 is 14.8 Å². The molecular formula is C13H15N3O3. The molecule has 6 nitrogen and oxygen atoms in total. The number of fused-ring (bicyclic) bond motifs is 1. The number of aryl methyl sites for hydroxylation is 1. The van der Waals surface area contributed by atoms with Crippen LogP contribution in [0.2, 0.25) is 0 Å². The van der Waals surface area contributed by atoms with Gasteiger partial charge in [-0.05, 0) is 13.0 Å². The zero-order chi connectivity index (χ0) is 13.2. The maximum absolute atomic E-state index is 9.89. The van der Waals surface area contributed by atoms with Crippen molar-refractivity contribution in [2.24, 2.45) is 0 Å². The van der Waals surface area contributed by atoms with Gasteiger partial charge in [0.05, 0.1) is 6.20 Å². The molecule has 0 unspecified atom stereocenters. The molecule has 2 heterocycles. The predicted molar refractivity (Wildman–Crippen MR) is 68.1 cm³/mol. The van der Waals surface area contributed by atoms with Gasteiger partial charge in [0.25, 0.3) is 0 Å². The van der Waals surface area contributed by atoms with E-state index >= 15 is 0 Å². The zero-order valence-corrected chi connectivity index (χ0v) is 10.6. The maximum Gasteiger partial charge on any atom is 0.231 e. The SMILES string of the molecule is Cc1[nH]ncc1CNCc1cc2c(cc1O)OCO2. The fraction of sp³-hybridized carbons (Fsp3) is 0.308. The van der Waals surface area contributed by atoms with Crippen LogP contribution in [0.15, 0.2) is 18.3 Å². The number of hydrogen-bond donors (Lipinski definition) is 3. The Labute approximate surface area is 110 Å². The molecule has 0 amide bonds. The Morgan fingerprint density at radius 3 is 2.74 bits per heavy atom. The summed E-state index contributed by atoms with van der Waals surface area (Å²) in [6.07, 6.45) is 1.79. The monoisotopic (exact) mass is 261 g/mol. The van der Waals surface area contributed by atoms with E-state index in [0.717, 1.165) is 16.8 Å². The average Bonchev–Trinajstić information content (AvgIpc) is 2.99. The normalized spacial score (nSPS) is 12.9. The minimum atomic E-state index is 0.208. The third-order valence-corrected chi connectivity index (χ3v) is 3.14. The minimum absolute atomic E-state index is 0.208. The van der Waals surface area contributed by atoms with E-state index in [1.165, 1.54) is 0 Å². The molecule has 0 atom stereocenters. The zero-order valence-electron chi connectivity index (χ0n) is 10.6. The smallest absolute Gasteiger partial charge is 0.231 e. The van der Waals surface area contributed by atoms with E-state index in [1.807, 2.05) is 6.92 Å². The predicted octanol–water partition coefficient (Wildman–Crippen LogP) is 1.44. The van der Waals surface area contributed by atoms with Gasteiger partial charge < -0.3 is 19.9 Å². The molecule has 6 heteroatoms. The highest BCUT2D eigenvalue weighted by Crippen LogP contribution is 2.37. The number of aromatic amines is 1. The highest BCUT2D eigenvalue weighted by atomic mass is 16.7. The largest absolute Gasteiger partial charge is 0.507 e. The van der Waals surface area contributed by atoms with Crippen LogP contribution in [-0.2, 0) is 13.1 Å².